The summed E-state index contributed by atoms with van der Waals surface area (Å²) in [5.41, 5.74) is 1.56. The van der Waals surface area contributed by atoms with E-state index in [-0.39, 0.29) is 24.5 Å². The highest BCUT2D eigenvalue weighted by Crippen LogP contribution is 2.28. The quantitative estimate of drug-likeness (QED) is 0.438. The van der Waals surface area contributed by atoms with E-state index in [4.69, 9.17) is 27.9 Å². The lowest BCUT2D eigenvalue weighted by molar-refractivity contribution is -0.120. The van der Waals surface area contributed by atoms with E-state index in [2.05, 4.69) is 20.3 Å². The van der Waals surface area contributed by atoms with Crippen LogP contribution < -0.4 is 10.1 Å². The maximum absolute atomic E-state index is 13.5. The molecule has 2 N–H and O–H groups in total. The van der Waals surface area contributed by atoms with Gasteiger partial charge in [0.1, 0.15) is 16.7 Å². The summed E-state index contributed by atoms with van der Waals surface area (Å²) in [6.07, 6.45) is 0.554. The molecule has 1 atom stereocenters. The monoisotopic (exact) mass is 518 g/mol. The largest absolute Gasteiger partial charge is 0.497 e. The van der Waals surface area contributed by atoms with Crippen LogP contribution >= 0.6 is 23.2 Å². The molecule has 9 nitrogen and oxygen atoms in total. The molecule has 1 aliphatic heterocycles. The zero-order valence-corrected chi connectivity index (χ0v) is 21.6. The highest BCUT2D eigenvalue weighted by Gasteiger charge is 2.40. The molecule has 3 heterocycles. The number of carbonyl (C=O) groups is 2. The van der Waals surface area contributed by atoms with Crippen molar-refractivity contribution in [3.8, 4) is 5.75 Å². The van der Waals surface area contributed by atoms with E-state index < -0.39 is 5.54 Å². The Hall–Kier alpha value is -3.04. The fraction of sp³-hybridized carbons (Fsp3) is 0.417. The van der Waals surface area contributed by atoms with Crippen LogP contribution in [0.5, 0.6) is 5.75 Å². The zero-order chi connectivity index (χ0) is 25.3. The van der Waals surface area contributed by atoms with Crippen molar-refractivity contribution in [2.75, 3.05) is 20.2 Å². The number of pyridine rings is 1. The summed E-state index contributed by atoms with van der Waals surface area (Å²) in [5, 5.41) is 3.87. The van der Waals surface area contributed by atoms with Crippen molar-refractivity contribution in [2.24, 2.45) is 0 Å². The smallest absolute Gasteiger partial charge is 0.320 e. The lowest BCUT2D eigenvalue weighted by Gasteiger charge is -2.33. The summed E-state index contributed by atoms with van der Waals surface area (Å²) in [5.74, 6) is 1.14. The van der Waals surface area contributed by atoms with Crippen LogP contribution in [0.25, 0.3) is 11.2 Å². The van der Waals surface area contributed by atoms with Gasteiger partial charge in [-0.25, -0.2) is 14.8 Å². The van der Waals surface area contributed by atoms with E-state index in [1.807, 2.05) is 32.0 Å². The van der Waals surface area contributed by atoms with Crippen LogP contribution in [0.1, 0.15) is 32.2 Å². The number of imidazole rings is 1. The van der Waals surface area contributed by atoms with Gasteiger partial charge < -0.3 is 24.8 Å². The Morgan fingerprint density at radius 2 is 2.03 bits per heavy atom. The van der Waals surface area contributed by atoms with E-state index in [0.29, 0.717) is 46.9 Å². The number of carbonyl (C=O) groups excluding carboxylic acids is 2. The minimum Gasteiger partial charge on any atom is -0.497 e. The molecule has 1 aromatic carbocycles. The minimum absolute atomic E-state index is 0.135. The second kappa shape index (κ2) is 9.91. The number of aromatic amines is 1. The molecule has 0 bridgehead atoms. The predicted octanol–water partition coefficient (Wildman–Crippen LogP) is 4.04. The van der Waals surface area contributed by atoms with Crippen LogP contribution in [-0.4, -0.2) is 68.5 Å². The van der Waals surface area contributed by atoms with Gasteiger partial charge in [-0.05, 0) is 50.1 Å². The summed E-state index contributed by atoms with van der Waals surface area (Å²) in [6.45, 7) is 6.38. The molecule has 35 heavy (non-hydrogen) atoms. The molecule has 0 aliphatic carbocycles. The van der Waals surface area contributed by atoms with Crippen molar-refractivity contribution in [3.63, 3.8) is 0 Å². The van der Waals surface area contributed by atoms with Gasteiger partial charge in [0.2, 0.25) is 5.91 Å². The summed E-state index contributed by atoms with van der Waals surface area (Å²) in [6, 6.07) is 8.75. The Kier molecular flexibility index (Phi) is 7.10. The van der Waals surface area contributed by atoms with Gasteiger partial charge in [-0.15, -0.1) is 0 Å². The third-order valence-electron chi connectivity index (χ3n) is 5.89. The molecule has 186 valence electrons. The molecular formula is C24H28Cl2N6O3. The third kappa shape index (κ3) is 5.79. The van der Waals surface area contributed by atoms with Gasteiger partial charge in [0, 0.05) is 25.0 Å². The Morgan fingerprint density at radius 1 is 1.26 bits per heavy atom. The summed E-state index contributed by atoms with van der Waals surface area (Å²) < 4.78 is 5.26. The normalized spacial score (nSPS) is 16.3. The number of amides is 3. The van der Waals surface area contributed by atoms with Crippen LogP contribution in [0.2, 0.25) is 10.2 Å². The Balaban J connectivity index is 1.59. The van der Waals surface area contributed by atoms with Gasteiger partial charge in [-0.3, -0.25) is 4.79 Å². The maximum Gasteiger partial charge on any atom is 0.320 e. The lowest BCUT2D eigenvalue weighted by atomic mass is 10.0. The van der Waals surface area contributed by atoms with Gasteiger partial charge in [0.15, 0.2) is 5.65 Å². The van der Waals surface area contributed by atoms with Crippen molar-refractivity contribution in [2.45, 2.75) is 45.3 Å². The molecule has 4 rings (SSSR count). The number of nitrogens with zero attached hydrogens (tertiary/aromatic N) is 4. The maximum atomic E-state index is 13.5. The molecule has 3 aromatic rings. The number of urea groups is 1. The molecule has 1 unspecified atom stereocenters. The average molecular weight is 519 g/mol. The van der Waals surface area contributed by atoms with E-state index in [9.17, 15) is 9.59 Å². The lowest BCUT2D eigenvalue weighted by Crippen LogP contribution is -2.53. The molecule has 3 amide bonds. The van der Waals surface area contributed by atoms with Crippen LogP contribution in [0.4, 0.5) is 4.79 Å². The van der Waals surface area contributed by atoms with Gasteiger partial charge in [0.05, 0.1) is 30.8 Å². The van der Waals surface area contributed by atoms with Crippen molar-refractivity contribution < 1.29 is 14.3 Å². The Morgan fingerprint density at radius 3 is 2.71 bits per heavy atom. The third-order valence-corrected chi connectivity index (χ3v) is 6.45. The number of hydrogen-bond donors (Lipinski definition) is 2. The van der Waals surface area contributed by atoms with Crippen molar-refractivity contribution >= 4 is 46.3 Å². The van der Waals surface area contributed by atoms with Crippen LogP contribution in [0, 0.1) is 0 Å². The number of ether oxygens (including phenoxy) is 1. The molecule has 1 saturated heterocycles. The Bertz CT molecular complexity index is 1260. The molecule has 1 fully saturated rings. The summed E-state index contributed by atoms with van der Waals surface area (Å²) >= 11 is 12.5. The number of aromatic nitrogens is 3. The van der Waals surface area contributed by atoms with Gasteiger partial charge in [-0.1, -0.05) is 29.3 Å². The number of H-pyrrole nitrogens is 1. The fourth-order valence-electron chi connectivity index (χ4n) is 4.46. The van der Waals surface area contributed by atoms with Crippen molar-refractivity contribution in [3.05, 3.63) is 51.9 Å². The van der Waals surface area contributed by atoms with Gasteiger partial charge >= 0.3 is 6.03 Å². The number of methoxy groups -OCH3 is 1. The van der Waals surface area contributed by atoms with Crippen LogP contribution in [-0.2, 0) is 17.8 Å². The number of fused-ring (bicyclic) bond motifs is 1. The highest BCUT2D eigenvalue weighted by molar-refractivity contribution is 6.31. The molecule has 0 radical (unpaired) electrons. The SMILES string of the molecule is COc1ccc(CC2CN(Cc3nc4nc(Cl)ccc4[nH]3)C(=O)N2CC(C)(C)NC(C)=O)c(Cl)c1. The topological polar surface area (TPSA) is 103 Å². The van der Waals surface area contributed by atoms with Crippen LogP contribution in [0.3, 0.4) is 0 Å². The highest BCUT2D eigenvalue weighted by atomic mass is 35.5. The second-order valence-corrected chi connectivity index (χ2v) is 10.2. The molecule has 0 spiro atoms. The first-order valence-corrected chi connectivity index (χ1v) is 12.0. The number of hydrogen-bond acceptors (Lipinski definition) is 5. The van der Waals surface area contributed by atoms with E-state index in [0.717, 1.165) is 11.1 Å². The van der Waals surface area contributed by atoms with Gasteiger partial charge in [0.25, 0.3) is 0 Å². The first kappa shape index (κ1) is 25.1. The molecular weight excluding hydrogens is 491 g/mol. The number of nitrogens with one attached hydrogen (secondary N) is 2. The average Bonchev–Trinajstić information content (AvgIpc) is 3.29. The van der Waals surface area contributed by atoms with E-state index >= 15 is 0 Å². The zero-order valence-electron chi connectivity index (χ0n) is 20.1. The van der Waals surface area contributed by atoms with Crippen LogP contribution in [0.15, 0.2) is 30.3 Å². The first-order valence-electron chi connectivity index (χ1n) is 11.2. The van der Waals surface area contributed by atoms with Crippen molar-refractivity contribution in [1.29, 1.82) is 0 Å². The first-order chi connectivity index (χ1) is 16.5. The van der Waals surface area contributed by atoms with Gasteiger partial charge in [-0.2, -0.15) is 0 Å². The molecule has 0 saturated carbocycles. The number of rotatable bonds is 8. The number of halogens is 2. The summed E-state index contributed by atoms with van der Waals surface area (Å²) in [7, 11) is 1.59. The standard InChI is InChI=1S/C24H28Cl2N6O3/c1-14(33)30-24(2,3)13-32-16(9-15-5-6-17(35-4)10-18(15)25)11-31(23(32)34)12-21-27-19-7-8-20(26)28-22(19)29-21/h5-8,10,16H,9,11-13H2,1-4H3,(H,30,33)(H,27,28,29). The molecule has 11 heteroatoms. The number of benzene rings is 1. The van der Waals surface area contributed by atoms with E-state index in [1.165, 1.54) is 6.92 Å². The molecule has 1 aliphatic rings. The van der Waals surface area contributed by atoms with E-state index in [1.54, 1.807) is 29.0 Å². The summed E-state index contributed by atoms with van der Waals surface area (Å²) in [4.78, 5) is 40.7. The fourth-order valence-corrected chi connectivity index (χ4v) is 4.85. The predicted molar refractivity (Wildman–Crippen MR) is 135 cm³/mol. The second-order valence-electron chi connectivity index (χ2n) is 9.36. The Labute approximate surface area is 213 Å². The molecule has 2 aromatic heterocycles. The minimum atomic E-state index is -0.612. The van der Waals surface area contributed by atoms with Crippen molar-refractivity contribution in [1.82, 2.24) is 30.1 Å².